The van der Waals surface area contributed by atoms with Gasteiger partial charge in [-0.15, -0.1) is 0 Å². The molecule has 1 heterocycles. The number of aryl methyl sites for hydroxylation is 1. The van der Waals surface area contributed by atoms with Crippen molar-refractivity contribution in [3.05, 3.63) is 23.8 Å². The minimum Gasteiger partial charge on any atom is -0.399 e. The summed E-state index contributed by atoms with van der Waals surface area (Å²) in [7, 11) is -3.42. The molecular weight excluding hydrogens is 272 g/mol. The second-order valence-corrected chi connectivity index (χ2v) is 7.57. The minimum absolute atomic E-state index is 0.384. The second kappa shape index (κ2) is 6.14. The van der Waals surface area contributed by atoms with Crippen LogP contribution in [0.25, 0.3) is 0 Å². The highest BCUT2D eigenvalue weighted by Crippen LogP contribution is 2.26. The molecule has 1 unspecified atom stereocenters. The summed E-state index contributed by atoms with van der Waals surface area (Å²) in [5.41, 5.74) is 7.13. The van der Waals surface area contributed by atoms with Crippen molar-refractivity contribution in [2.75, 3.05) is 18.8 Å². The van der Waals surface area contributed by atoms with E-state index in [4.69, 9.17) is 5.73 Å². The fourth-order valence-corrected chi connectivity index (χ4v) is 4.54. The highest BCUT2D eigenvalue weighted by atomic mass is 32.2. The Kier molecular flexibility index (Phi) is 4.70. The van der Waals surface area contributed by atoms with E-state index in [1.807, 2.05) is 13.0 Å². The summed E-state index contributed by atoms with van der Waals surface area (Å²) in [5, 5.41) is 0. The maximum Gasteiger partial charge on any atom is 0.243 e. The van der Waals surface area contributed by atoms with E-state index in [0.29, 0.717) is 36.0 Å². The summed E-state index contributed by atoms with van der Waals surface area (Å²) < 4.78 is 27.3. The maximum absolute atomic E-state index is 12.8. The van der Waals surface area contributed by atoms with E-state index in [-0.39, 0.29) is 0 Å². The molecule has 0 bridgehead atoms. The van der Waals surface area contributed by atoms with Gasteiger partial charge >= 0.3 is 0 Å². The van der Waals surface area contributed by atoms with E-state index < -0.39 is 10.0 Å². The third-order valence-electron chi connectivity index (χ3n) is 4.07. The first kappa shape index (κ1) is 15.3. The molecule has 1 aliphatic heterocycles. The van der Waals surface area contributed by atoms with Gasteiger partial charge in [0.05, 0.1) is 4.90 Å². The number of anilines is 1. The molecule has 1 aromatic carbocycles. The SMILES string of the molecule is CCc1ccc(N)cc1S(=O)(=O)N1CCCC(C)CC1. The smallest absolute Gasteiger partial charge is 0.243 e. The van der Waals surface area contributed by atoms with Gasteiger partial charge in [0.25, 0.3) is 0 Å². The molecule has 5 heteroatoms. The summed E-state index contributed by atoms with van der Waals surface area (Å²) in [6.07, 6.45) is 3.66. The topological polar surface area (TPSA) is 63.4 Å². The van der Waals surface area contributed by atoms with Crippen LogP contribution in [0.4, 0.5) is 5.69 Å². The third kappa shape index (κ3) is 3.15. The molecule has 4 nitrogen and oxygen atoms in total. The Morgan fingerprint density at radius 3 is 2.75 bits per heavy atom. The summed E-state index contributed by atoms with van der Waals surface area (Å²) in [4.78, 5) is 0.384. The van der Waals surface area contributed by atoms with Gasteiger partial charge in [-0.05, 0) is 49.3 Å². The normalized spacial score (nSPS) is 21.6. The molecule has 0 radical (unpaired) electrons. The molecule has 0 spiro atoms. The molecule has 1 aliphatic rings. The van der Waals surface area contributed by atoms with Crippen molar-refractivity contribution in [1.29, 1.82) is 0 Å². The Labute approximate surface area is 122 Å². The molecule has 0 amide bonds. The highest BCUT2D eigenvalue weighted by molar-refractivity contribution is 7.89. The maximum atomic E-state index is 12.8. The van der Waals surface area contributed by atoms with Gasteiger partial charge in [-0.1, -0.05) is 19.9 Å². The lowest BCUT2D eigenvalue weighted by Crippen LogP contribution is -2.32. The van der Waals surface area contributed by atoms with E-state index in [9.17, 15) is 8.42 Å². The number of rotatable bonds is 3. The van der Waals surface area contributed by atoms with Crippen LogP contribution in [-0.2, 0) is 16.4 Å². The number of hydrogen-bond donors (Lipinski definition) is 1. The Morgan fingerprint density at radius 2 is 2.05 bits per heavy atom. The van der Waals surface area contributed by atoms with Gasteiger partial charge in [0, 0.05) is 18.8 Å². The molecule has 0 saturated carbocycles. The van der Waals surface area contributed by atoms with Crippen molar-refractivity contribution in [1.82, 2.24) is 4.31 Å². The first-order chi connectivity index (χ1) is 9.45. The van der Waals surface area contributed by atoms with Crippen LogP contribution in [-0.4, -0.2) is 25.8 Å². The van der Waals surface area contributed by atoms with Crippen LogP contribution >= 0.6 is 0 Å². The quantitative estimate of drug-likeness (QED) is 0.872. The van der Waals surface area contributed by atoms with Crippen molar-refractivity contribution in [3.63, 3.8) is 0 Å². The Hall–Kier alpha value is -1.07. The zero-order valence-electron chi connectivity index (χ0n) is 12.3. The summed E-state index contributed by atoms with van der Waals surface area (Å²) in [6.45, 7) is 5.38. The lowest BCUT2D eigenvalue weighted by molar-refractivity contribution is 0.416. The molecule has 2 rings (SSSR count). The molecule has 1 atom stereocenters. The van der Waals surface area contributed by atoms with Crippen LogP contribution in [0, 0.1) is 5.92 Å². The van der Waals surface area contributed by atoms with Crippen LogP contribution in [0.5, 0.6) is 0 Å². The van der Waals surface area contributed by atoms with Gasteiger partial charge < -0.3 is 5.73 Å². The van der Waals surface area contributed by atoms with E-state index >= 15 is 0 Å². The molecular formula is C15H24N2O2S. The molecule has 1 saturated heterocycles. The van der Waals surface area contributed by atoms with Crippen LogP contribution in [0.1, 0.15) is 38.7 Å². The molecule has 2 N–H and O–H groups in total. The van der Waals surface area contributed by atoms with E-state index in [0.717, 1.165) is 24.8 Å². The zero-order chi connectivity index (χ0) is 14.8. The van der Waals surface area contributed by atoms with E-state index in [2.05, 4.69) is 6.92 Å². The van der Waals surface area contributed by atoms with Gasteiger partial charge in [0.1, 0.15) is 0 Å². The van der Waals surface area contributed by atoms with Crippen molar-refractivity contribution in [2.24, 2.45) is 5.92 Å². The Morgan fingerprint density at radius 1 is 1.30 bits per heavy atom. The van der Waals surface area contributed by atoms with Gasteiger partial charge in [-0.3, -0.25) is 0 Å². The molecule has 1 fully saturated rings. The number of nitrogens with zero attached hydrogens (tertiary/aromatic N) is 1. The number of nitrogens with two attached hydrogens (primary N) is 1. The highest BCUT2D eigenvalue weighted by Gasteiger charge is 2.28. The molecule has 20 heavy (non-hydrogen) atoms. The lowest BCUT2D eigenvalue weighted by Gasteiger charge is -2.22. The first-order valence-corrected chi connectivity index (χ1v) is 8.77. The standard InChI is InChI=1S/C15H24N2O2S/c1-3-13-6-7-14(16)11-15(13)20(18,19)17-9-4-5-12(2)8-10-17/h6-7,11-12H,3-5,8-10,16H2,1-2H3. The fraction of sp³-hybridized carbons (Fsp3) is 0.600. The van der Waals surface area contributed by atoms with Crippen LogP contribution < -0.4 is 5.73 Å². The van der Waals surface area contributed by atoms with Gasteiger partial charge in [0.15, 0.2) is 0 Å². The average Bonchev–Trinajstić information content (AvgIpc) is 2.64. The fourth-order valence-electron chi connectivity index (χ4n) is 2.72. The van der Waals surface area contributed by atoms with Crippen molar-refractivity contribution in [3.8, 4) is 0 Å². The zero-order valence-corrected chi connectivity index (χ0v) is 13.1. The predicted molar refractivity (Wildman–Crippen MR) is 82.0 cm³/mol. The summed E-state index contributed by atoms with van der Waals surface area (Å²) in [5.74, 6) is 0.599. The van der Waals surface area contributed by atoms with Crippen molar-refractivity contribution < 1.29 is 8.42 Å². The van der Waals surface area contributed by atoms with Gasteiger partial charge in [0.2, 0.25) is 10.0 Å². The second-order valence-electron chi connectivity index (χ2n) is 5.66. The molecule has 1 aromatic rings. The monoisotopic (exact) mass is 296 g/mol. The van der Waals surface area contributed by atoms with Gasteiger partial charge in [-0.2, -0.15) is 4.31 Å². The van der Waals surface area contributed by atoms with E-state index in [1.54, 1.807) is 16.4 Å². The lowest BCUT2D eigenvalue weighted by atomic mass is 10.0. The molecule has 0 aromatic heterocycles. The number of nitrogen functional groups attached to an aromatic ring is 1. The minimum atomic E-state index is -3.42. The summed E-state index contributed by atoms with van der Waals surface area (Å²) >= 11 is 0. The number of hydrogen-bond acceptors (Lipinski definition) is 3. The number of sulfonamides is 1. The van der Waals surface area contributed by atoms with Crippen molar-refractivity contribution >= 4 is 15.7 Å². The van der Waals surface area contributed by atoms with Gasteiger partial charge in [-0.25, -0.2) is 8.42 Å². The Balaban J connectivity index is 2.36. The van der Waals surface area contributed by atoms with Crippen LogP contribution in [0.3, 0.4) is 0 Å². The molecule has 0 aliphatic carbocycles. The third-order valence-corrected chi connectivity index (χ3v) is 6.05. The van der Waals surface area contributed by atoms with Crippen LogP contribution in [0.2, 0.25) is 0 Å². The largest absolute Gasteiger partial charge is 0.399 e. The summed E-state index contributed by atoms with van der Waals surface area (Å²) in [6, 6.07) is 5.19. The first-order valence-electron chi connectivity index (χ1n) is 7.33. The average molecular weight is 296 g/mol. The van der Waals surface area contributed by atoms with E-state index in [1.165, 1.54) is 0 Å². The predicted octanol–water partition coefficient (Wildman–Crippen LogP) is 2.64. The molecule has 112 valence electrons. The number of benzene rings is 1. The van der Waals surface area contributed by atoms with Crippen molar-refractivity contribution in [2.45, 2.75) is 44.4 Å². The van der Waals surface area contributed by atoms with Crippen LogP contribution in [0.15, 0.2) is 23.1 Å². The Bertz CT molecular complexity index is 569.